The van der Waals surface area contributed by atoms with E-state index in [0.29, 0.717) is 52.0 Å². The maximum atomic E-state index is 15.1. The Morgan fingerprint density at radius 3 is 1.86 bits per heavy atom. The number of thiazole rings is 1. The van der Waals surface area contributed by atoms with Gasteiger partial charge in [0, 0.05) is 163 Å². The molecule has 6 rings (SSSR count). The number of rotatable bonds is 54. The van der Waals surface area contributed by atoms with Crippen LogP contribution in [0.15, 0.2) is 78.3 Å². The van der Waals surface area contributed by atoms with Gasteiger partial charge in [0.15, 0.2) is 11.6 Å². The van der Waals surface area contributed by atoms with E-state index in [1.165, 1.54) is 24.3 Å². The van der Waals surface area contributed by atoms with E-state index in [0.717, 1.165) is 40.5 Å². The molecule has 4 heterocycles. The fourth-order valence-corrected chi connectivity index (χ4v) is 15.8. The molecule has 654 valence electrons. The molecule has 12 atom stereocenters. The number of likely N-dealkylation sites (tertiary alicyclic amines) is 1. The number of aromatic nitrogens is 1. The van der Waals surface area contributed by atoms with Crippen LogP contribution in [0.4, 0.5) is 15.3 Å². The Kier molecular flexibility index (Phi) is 42.2. The molecule has 11 amide bonds. The molecule has 2 aromatic carbocycles. The minimum absolute atomic E-state index is 0.000855. The van der Waals surface area contributed by atoms with Crippen molar-refractivity contribution in [2.24, 2.45) is 53.1 Å². The molecule has 1 aromatic heterocycles. The fraction of sp³-hybridized carbons (Fsp3) is 0.651. The smallest absolute Gasteiger partial charge is 0.408 e. The van der Waals surface area contributed by atoms with E-state index >= 15 is 4.79 Å². The van der Waals surface area contributed by atoms with Gasteiger partial charge in [-0.15, -0.1) is 11.3 Å². The van der Waals surface area contributed by atoms with Crippen LogP contribution in [0, 0.1) is 47.3 Å². The largest absolute Gasteiger partial charge is 0.431 e. The molecule has 0 spiro atoms. The Balaban J connectivity index is 1.02. The summed E-state index contributed by atoms with van der Waals surface area (Å²) in [5.41, 5.74) is 6.99. The van der Waals surface area contributed by atoms with Gasteiger partial charge in [0.05, 0.1) is 88.5 Å². The number of alkyl carbamates (subject to hydrolysis) is 1. The standard InChI is InChI=1S/C86H130N12O19S/c1-14-58(8)79(71(112-13)54-76(106)97-35-19-23-67(97)59(9)60(10)68(99)52-64(82-89-34-49-118-82)50-61-20-16-15-17-21-61)95(12)83(108)66(55(2)3)53-70(101)78(57(6)7)93-86(111)117-80(84(109)96-39-37-94(11)38-40-96)62-24-26-65(27-25-62)91-81(107)63(22-18-32-90-85(87)110)51-69(100)77(56(4)5)92-73(103)31-41-113-43-45-115-47-48-116-46-44-114-42-33-88-72(102)30-36-98-74(104)28-29-75(98)105/h15-17,20-21,24-29,34,49,55-60,63-64,66-67,71,77-80H,14,18-19,22-23,30-33,35-48,50-54H2,1-13H3,(H,88,102)(H,91,107)(H,92,103)(H,93,111)(H3,87,90,110)/t58-,59+,60+,63+,64+,66-,67-,71+,77-,78-,79-,80?/m0/s1. The van der Waals surface area contributed by atoms with Gasteiger partial charge in [-0.05, 0) is 86.4 Å². The molecular weight excluding hydrogens is 1540 g/mol. The number of piperazine rings is 1. The number of hydrogen-bond acceptors (Lipinski definition) is 22. The number of nitrogens with zero attached hydrogens (tertiary/aromatic N) is 6. The summed E-state index contributed by atoms with van der Waals surface area (Å²) in [6.45, 7) is 23.3. The lowest BCUT2D eigenvalue weighted by Gasteiger charge is -2.41. The topological polar surface area (TPSA) is 393 Å². The minimum Gasteiger partial charge on any atom is -0.431 e. The Labute approximate surface area is 699 Å². The Morgan fingerprint density at radius 1 is 0.669 bits per heavy atom. The second-order valence-corrected chi connectivity index (χ2v) is 33.1. The average molecular weight is 1670 g/mol. The van der Waals surface area contributed by atoms with Crippen molar-refractivity contribution >= 4 is 93.8 Å². The lowest BCUT2D eigenvalue weighted by molar-refractivity contribution is -0.148. The molecule has 7 N–H and O–H groups in total. The van der Waals surface area contributed by atoms with E-state index in [2.05, 4.69) is 55.5 Å². The van der Waals surface area contributed by atoms with Crippen molar-refractivity contribution in [1.29, 1.82) is 0 Å². The van der Waals surface area contributed by atoms with Crippen molar-refractivity contribution < 1.29 is 90.8 Å². The van der Waals surface area contributed by atoms with Crippen LogP contribution in [0.3, 0.4) is 0 Å². The van der Waals surface area contributed by atoms with E-state index in [-0.39, 0.29) is 194 Å². The Hall–Kier alpha value is -8.92. The van der Waals surface area contributed by atoms with Crippen molar-refractivity contribution in [2.75, 3.05) is 132 Å². The number of amides is 11. The number of ketones is 3. The zero-order valence-corrected chi connectivity index (χ0v) is 72.2. The highest BCUT2D eigenvalue weighted by atomic mass is 32.1. The summed E-state index contributed by atoms with van der Waals surface area (Å²) in [5, 5.41) is 16.5. The first-order valence-electron chi connectivity index (χ1n) is 41.7. The van der Waals surface area contributed by atoms with Gasteiger partial charge in [-0.1, -0.05) is 118 Å². The van der Waals surface area contributed by atoms with Gasteiger partial charge >= 0.3 is 12.1 Å². The van der Waals surface area contributed by atoms with Crippen LogP contribution in [0.2, 0.25) is 0 Å². The van der Waals surface area contributed by atoms with Crippen molar-refractivity contribution in [3.63, 3.8) is 0 Å². The molecule has 0 bridgehead atoms. The monoisotopic (exact) mass is 1670 g/mol. The van der Waals surface area contributed by atoms with Crippen LogP contribution in [0.25, 0.3) is 0 Å². The summed E-state index contributed by atoms with van der Waals surface area (Å²) in [7, 11) is 5.16. The second kappa shape index (κ2) is 50.9. The number of nitrogens with two attached hydrogens (primary N) is 1. The van der Waals surface area contributed by atoms with Crippen LogP contribution in [-0.4, -0.2) is 263 Å². The van der Waals surface area contributed by atoms with Crippen molar-refractivity contribution in [3.8, 4) is 0 Å². The number of urea groups is 1. The number of benzene rings is 2. The normalized spacial score (nSPS) is 17.3. The maximum absolute atomic E-state index is 15.1. The highest BCUT2D eigenvalue weighted by molar-refractivity contribution is 7.09. The number of nitrogens with one attached hydrogen (secondary N) is 5. The first-order valence-corrected chi connectivity index (χ1v) is 42.6. The number of methoxy groups -OCH3 is 1. The number of likely N-dealkylation sites (N-methyl/N-ethyl adjacent to an activating group) is 2. The molecule has 1 unspecified atom stereocenters. The number of anilines is 1. The number of Topliss-reactive ketones (excluding diaryl/α,β-unsaturated/α-hetero) is 3. The molecule has 0 aliphatic carbocycles. The highest BCUT2D eigenvalue weighted by Gasteiger charge is 2.44. The molecule has 2 fully saturated rings. The lowest BCUT2D eigenvalue weighted by Crippen LogP contribution is -2.54. The number of primary amides is 1. The molecule has 118 heavy (non-hydrogen) atoms. The van der Waals surface area contributed by atoms with Crippen LogP contribution in [0.1, 0.15) is 168 Å². The first kappa shape index (κ1) is 97.9. The molecule has 3 aliphatic rings. The quantitative estimate of drug-likeness (QED) is 0.0236. The van der Waals surface area contributed by atoms with E-state index in [4.69, 9.17) is 34.2 Å². The second-order valence-electron chi connectivity index (χ2n) is 32.1. The Morgan fingerprint density at radius 2 is 1.28 bits per heavy atom. The number of carbonyl (C=O) groups is 13. The van der Waals surface area contributed by atoms with Crippen molar-refractivity contribution in [3.05, 3.63) is 94.5 Å². The third kappa shape index (κ3) is 31.7. The number of ether oxygens (including phenoxy) is 6. The molecule has 31 nitrogen and oxygen atoms in total. The lowest BCUT2D eigenvalue weighted by atomic mass is 9.81. The summed E-state index contributed by atoms with van der Waals surface area (Å²) in [4.78, 5) is 189. The average Bonchev–Trinajstić information content (AvgIpc) is 1.33. The molecule has 32 heteroatoms. The zero-order valence-electron chi connectivity index (χ0n) is 71.4. The highest BCUT2D eigenvalue weighted by Crippen LogP contribution is 2.36. The molecular formula is C86H130N12O19S. The predicted octanol–water partition coefficient (Wildman–Crippen LogP) is 7.46. The zero-order chi connectivity index (χ0) is 86.5. The van der Waals surface area contributed by atoms with Crippen molar-refractivity contribution in [1.82, 2.24) is 50.8 Å². The molecule has 0 radical (unpaired) electrons. The number of carbonyl (C=O) groups excluding carboxylic acids is 13. The SMILES string of the molecule is CC[C@H](C)[C@@H]([C@@H](CC(=O)N1CCC[C@H]1[C@H](C)[C@@H](C)C(=O)C[C@@H](Cc1ccccc1)c1nccs1)OC)N(C)C(=O)[C@@H](CC(=O)[C@@H](NC(=O)OC(C(=O)N1CCN(C)CC1)c1ccc(NC(=O)[C@H](CCCNC(N)=O)CC(=O)[C@@H](NC(=O)CCOCCOCCOCCOCCNC(=O)CCN2C(=O)C=CC2=O)C(C)C)cc1)C(C)C)C(C)C. The molecule has 2 saturated heterocycles. The van der Waals surface area contributed by atoms with Gasteiger partial charge in [-0.3, -0.25) is 57.6 Å². The Bertz CT molecular complexity index is 3730. The van der Waals surface area contributed by atoms with Gasteiger partial charge in [0.25, 0.3) is 17.7 Å². The van der Waals surface area contributed by atoms with Crippen LogP contribution in [-0.2, 0) is 87.6 Å². The summed E-state index contributed by atoms with van der Waals surface area (Å²) in [6, 6.07) is 12.6. The van der Waals surface area contributed by atoms with E-state index in [1.807, 2.05) is 70.1 Å². The van der Waals surface area contributed by atoms with Crippen LogP contribution >= 0.6 is 11.3 Å². The van der Waals surface area contributed by atoms with Crippen molar-refractivity contribution in [2.45, 2.75) is 189 Å². The number of imide groups is 1. The van der Waals surface area contributed by atoms with Gasteiger partial charge in [-0.2, -0.15) is 0 Å². The first-order chi connectivity index (χ1) is 56.3. The van der Waals surface area contributed by atoms with Gasteiger partial charge in [0.1, 0.15) is 5.78 Å². The summed E-state index contributed by atoms with van der Waals surface area (Å²) in [6.07, 6.45) is 3.72. The van der Waals surface area contributed by atoms with E-state index in [9.17, 15) is 57.5 Å². The van der Waals surface area contributed by atoms with Crippen LogP contribution < -0.4 is 32.3 Å². The van der Waals surface area contributed by atoms with E-state index < -0.39 is 101 Å². The maximum Gasteiger partial charge on any atom is 0.408 e. The summed E-state index contributed by atoms with van der Waals surface area (Å²) in [5.74, 6) is -7.65. The van der Waals surface area contributed by atoms with Crippen LogP contribution in [0.5, 0.6) is 0 Å². The fourth-order valence-electron chi connectivity index (χ4n) is 15.1. The third-order valence-electron chi connectivity index (χ3n) is 22.6. The van der Waals surface area contributed by atoms with E-state index in [1.54, 1.807) is 69.2 Å². The van der Waals surface area contributed by atoms with Gasteiger partial charge in [-0.25, -0.2) is 14.6 Å². The molecule has 3 aromatic rings. The van der Waals surface area contributed by atoms with Gasteiger partial charge in [0.2, 0.25) is 35.6 Å². The van der Waals surface area contributed by atoms with Gasteiger partial charge < -0.3 is 80.3 Å². The minimum atomic E-state index is -1.52. The summed E-state index contributed by atoms with van der Waals surface area (Å²) >= 11 is 1.55. The molecule has 0 saturated carbocycles. The predicted molar refractivity (Wildman–Crippen MR) is 445 cm³/mol. The third-order valence-corrected chi connectivity index (χ3v) is 23.5. The number of hydrogen-bond donors (Lipinski definition) is 6. The summed E-state index contributed by atoms with van der Waals surface area (Å²) < 4.78 is 34.4. The molecule has 3 aliphatic heterocycles.